The molecule has 0 saturated heterocycles. The number of hydrogen-bond acceptors (Lipinski definition) is 4. The number of ether oxygens (including phenoxy) is 1. The molecule has 0 aliphatic heterocycles. The number of fused-ring (bicyclic) bond motifs is 3. The summed E-state index contributed by atoms with van der Waals surface area (Å²) in [5, 5.41) is 9.44. The minimum absolute atomic E-state index is 0.0718. The van der Waals surface area contributed by atoms with Gasteiger partial charge in [-0.25, -0.2) is 9.59 Å². The highest BCUT2D eigenvalue weighted by Gasteiger charge is 2.35. The number of hydrogen-bond donors (Lipinski definition) is 1. The van der Waals surface area contributed by atoms with Gasteiger partial charge in [0.05, 0.1) is 0 Å². The number of likely N-dealkylation sites (N-methyl/N-ethyl adjacent to an activating group) is 1. The molecule has 26 heavy (non-hydrogen) atoms. The van der Waals surface area contributed by atoms with Crippen molar-refractivity contribution in [1.29, 1.82) is 0 Å². The molecule has 0 heterocycles. The molecule has 0 amide bonds. The number of rotatable bonds is 7. The Labute approximate surface area is 153 Å². The lowest BCUT2D eigenvalue weighted by Gasteiger charge is -2.25. The van der Waals surface area contributed by atoms with Crippen LogP contribution in [0.4, 0.5) is 0 Å². The second-order valence-corrected chi connectivity index (χ2v) is 6.32. The van der Waals surface area contributed by atoms with Crippen molar-refractivity contribution >= 4 is 11.9 Å². The van der Waals surface area contributed by atoms with E-state index in [-0.39, 0.29) is 12.5 Å². The number of carboxylic acids is 1. The van der Waals surface area contributed by atoms with E-state index in [0.29, 0.717) is 13.1 Å². The van der Waals surface area contributed by atoms with Crippen molar-refractivity contribution in [2.75, 3.05) is 19.7 Å². The predicted octanol–water partition coefficient (Wildman–Crippen LogP) is 3.14. The summed E-state index contributed by atoms with van der Waals surface area (Å²) in [5.41, 5.74) is 4.50. The molecule has 1 atom stereocenters. The fraction of sp³-hybridized carbons (Fsp3) is 0.333. The van der Waals surface area contributed by atoms with Crippen molar-refractivity contribution in [3.8, 4) is 11.1 Å². The number of benzene rings is 2. The number of carboxylic acid groups (broad SMARTS) is 1. The maximum absolute atomic E-state index is 12.5. The molecular formula is C21H23NO4. The summed E-state index contributed by atoms with van der Waals surface area (Å²) in [5.74, 6) is -1.95. The van der Waals surface area contributed by atoms with Crippen LogP contribution in [0.25, 0.3) is 11.1 Å². The largest absolute Gasteiger partial charge is 0.480 e. The van der Waals surface area contributed by atoms with Gasteiger partial charge in [-0.3, -0.25) is 4.90 Å². The van der Waals surface area contributed by atoms with Crippen LogP contribution < -0.4 is 0 Å². The van der Waals surface area contributed by atoms with Gasteiger partial charge in [-0.05, 0) is 35.3 Å². The van der Waals surface area contributed by atoms with Gasteiger partial charge in [-0.15, -0.1) is 0 Å². The Hall–Kier alpha value is -2.66. The molecule has 2 aromatic rings. The molecule has 2 aromatic carbocycles. The van der Waals surface area contributed by atoms with E-state index in [0.717, 1.165) is 22.3 Å². The molecule has 0 radical (unpaired) electrons. The second-order valence-electron chi connectivity index (χ2n) is 6.32. The Kier molecular flexibility index (Phi) is 5.38. The molecule has 0 spiro atoms. The fourth-order valence-electron chi connectivity index (χ4n) is 3.68. The van der Waals surface area contributed by atoms with Crippen LogP contribution in [0.3, 0.4) is 0 Å². The second kappa shape index (κ2) is 7.70. The van der Waals surface area contributed by atoms with Gasteiger partial charge >= 0.3 is 11.9 Å². The summed E-state index contributed by atoms with van der Waals surface area (Å²) < 4.78 is 5.49. The first-order chi connectivity index (χ1) is 12.6. The van der Waals surface area contributed by atoms with Crippen molar-refractivity contribution in [3.05, 3.63) is 59.7 Å². The zero-order chi connectivity index (χ0) is 18.7. The van der Waals surface area contributed by atoms with E-state index in [9.17, 15) is 14.7 Å². The summed E-state index contributed by atoms with van der Waals surface area (Å²) in [4.78, 5) is 25.6. The number of carbonyl (C=O) groups is 2. The normalized spacial score (nSPS) is 14.0. The molecule has 136 valence electrons. The van der Waals surface area contributed by atoms with Crippen LogP contribution in [0.2, 0.25) is 0 Å². The SMILES string of the molecule is CCN(CC)C(C(=O)O)C(=O)OCC1c2ccccc2-c2ccccc21. The molecule has 1 aliphatic rings. The number of nitrogens with zero attached hydrogens (tertiary/aromatic N) is 1. The van der Waals surface area contributed by atoms with Crippen molar-refractivity contribution in [1.82, 2.24) is 4.90 Å². The molecular weight excluding hydrogens is 330 g/mol. The first-order valence-electron chi connectivity index (χ1n) is 8.90. The van der Waals surface area contributed by atoms with E-state index in [1.165, 1.54) is 0 Å². The van der Waals surface area contributed by atoms with Crippen molar-refractivity contribution in [2.45, 2.75) is 25.8 Å². The van der Waals surface area contributed by atoms with E-state index >= 15 is 0 Å². The molecule has 1 unspecified atom stereocenters. The Balaban J connectivity index is 1.81. The smallest absolute Gasteiger partial charge is 0.335 e. The van der Waals surface area contributed by atoms with Crippen LogP contribution in [0.1, 0.15) is 30.9 Å². The summed E-state index contributed by atoms with van der Waals surface area (Å²) in [7, 11) is 0. The van der Waals surface area contributed by atoms with Crippen LogP contribution in [0.15, 0.2) is 48.5 Å². The Morgan fingerprint density at radius 2 is 1.50 bits per heavy atom. The third kappa shape index (κ3) is 3.22. The van der Waals surface area contributed by atoms with Crippen molar-refractivity contribution in [3.63, 3.8) is 0 Å². The van der Waals surface area contributed by atoms with E-state index in [2.05, 4.69) is 12.1 Å². The lowest BCUT2D eigenvalue weighted by Crippen LogP contribution is -2.47. The van der Waals surface area contributed by atoms with Crippen LogP contribution in [0, 0.1) is 0 Å². The summed E-state index contributed by atoms with van der Waals surface area (Å²) in [6, 6.07) is 14.8. The number of aliphatic carboxylic acids is 1. The highest BCUT2D eigenvalue weighted by molar-refractivity contribution is 5.98. The average Bonchev–Trinajstić information content (AvgIpc) is 2.97. The zero-order valence-electron chi connectivity index (χ0n) is 15.0. The summed E-state index contributed by atoms with van der Waals surface area (Å²) in [6.07, 6.45) is 0. The minimum atomic E-state index is -1.27. The van der Waals surface area contributed by atoms with Crippen LogP contribution >= 0.6 is 0 Å². The van der Waals surface area contributed by atoms with Crippen LogP contribution in [-0.2, 0) is 14.3 Å². The Bertz CT molecular complexity index is 768. The zero-order valence-corrected chi connectivity index (χ0v) is 15.0. The molecule has 0 saturated carbocycles. The molecule has 5 heteroatoms. The highest BCUT2D eigenvalue weighted by atomic mass is 16.5. The first-order valence-corrected chi connectivity index (χ1v) is 8.90. The molecule has 5 nitrogen and oxygen atoms in total. The molecule has 1 N–H and O–H groups in total. The molecule has 1 aliphatic carbocycles. The predicted molar refractivity (Wildman–Crippen MR) is 99.0 cm³/mol. The molecule has 0 aromatic heterocycles. The third-order valence-corrected chi connectivity index (χ3v) is 4.99. The number of esters is 1. The minimum Gasteiger partial charge on any atom is -0.480 e. The van der Waals surface area contributed by atoms with E-state index in [1.54, 1.807) is 4.90 Å². The van der Waals surface area contributed by atoms with Crippen molar-refractivity contribution in [2.24, 2.45) is 0 Å². The lowest BCUT2D eigenvalue weighted by atomic mass is 9.98. The van der Waals surface area contributed by atoms with Gasteiger partial charge < -0.3 is 9.84 Å². The van der Waals surface area contributed by atoms with Gasteiger partial charge in [0.1, 0.15) is 6.61 Å². The monoisotopic (exact) mass is 353 g/mol. The van der Waals surface area contributed by atoms with Gasteiger partial charge in [0, 0.05) is 5.92 Å². The number of carbonyl (C=O) groups excluding carboxylic acids is 1. The first kappa shape index (κ1) is 18.1. The average molecular weight is 353 g/mol. The summed E-state index contributed by atoms with van der Waals surface area (Å²) in [6.45, 7) is 4.74. The fourth-order valence-corrected chi connectivity index (χ4v) is 3.68. The lowest BCUT2D eigenvalue weighted by molar-refractivity contribution is -0.160. The van der Waals surface area contributed by atoms with Gasteiger partial charge in [0.15, 0.2) is 0 Å². The molecule has 3 rings (SSSR count). The highest BCUT2D eigenvalue weighted by Crippen LogP contribution is 2.44. The van der Waals surface area contributed by atoms with Gasteiger partial charge in [-0.2, -0.15) is 0 Å². The van der Waals surface area contributed by atoms with Gasteiger partial charge in [-0.1, -0.05) is 62.4 Å². The Morgan fingerprint density at radius 1 is 1.00 bits per heavy atom. The topological polar surface area (TPSA) is 66.8 Å². The van der Waals surface area contributed by atoms with Crippen molar-refractivity contribution < 1.29 is 19.4 Å². The molecule has 0 fully saturated rings. The van der Waals surface area contributed by atoms with Crippen LogP contribution in [-0.4, -0.2) is 47.7 Å². The summed E-state index contributed by atoms with van der Waals surface area (Å²) >= 11 is 0. The van der Waals surface area contributed by atoms with E-state index in [1.807, 2.05) is 50.2 Å². The Morgan fingerprint density at radius 3 is 1.96 bits per heavy atom. The van der Waals surface area contributed by atoms with E-state index < -0.39 is 18.0 Å². The molecule has 0 bridgehead atoms. The maximum Gasteiger partial charge on any atom is 0.335 e. The quantitative estimate of drug-likeness (QED) is 0.612. The standard InChI is InChI=1S/C21H23NO4/c1-3-22(4-2)19(20(23)24)21(25)26-13-18-16-11-7-5-9-14(16)15-10-6-8-12-17(15)18/h5-12,18-19H,3-4,13H2,1-2H3,(H,23,24). The van der Waals surface area contributed by atoms with Gasteiger partial charge in [0.2, 0.25) is 6.04 Å². The van der Waals surface area contributed by atoms with Gasteiger partial charge in [0.25, 0.3) is 0 Å². The third-order valence-electron chi connectivity index (χ3n) is 4.99. The maximum atomic E-state index is 12.5. The van der Waals surface area contributed by atoms with E-state index in [4.69, 9.17) is 4.74 Å². The van der Waals surface area contributed by atoms with Crippen LogP contribution in [0.5, 0.6) is 0 Å².